The van der Waals surface area contributed by atoms with E-state index in [1.807, 2.05) is 0 Å². The number of halogens is 2. The molecule has 0 saturated carbocycles. The number of hydrogen-bond acceptors (Lipinski definition) is 4. The summed E-state index contributed by atoms with van der Waals surface area (Å²) in [5.41, 5.74) is 4.73. The first kappa shape index (κ1) is 13.3. The Hall–Kier alpha value is -0.790. The summed E-state index contributed by atoms with van der Waals surface area (Å²) in [5, 5.41) is 11.1. The van der Waals surface area contributed by atoms with Crippen molar-refractivity contribution in [2.24, 2.45) is 5.73 Å². The number of aliphatic hydroxyl groups is 1. The lowest BCUT2D eigenvalue weighted by Gasteiger charge is -2.32. The zero-order chi connectivity index (χ0) is 12.2. The van der Waals surface area contributed by atoms with Crippen LogP contribution in [0.15, 0.2) is 0 Å². The highest BCUT2D eigenvalue weighted by atomic mass is 19.3. The van der Waals surface area contributed by atoms with Gasteiger partial charge >= 0.3 is 0 Å². The highest BCUT2D eigenvalue weighted by Crippen LogP contribution is 2.17. The molecule has 1 rings (SSSR count). The van der Waals surface area contributed by atoms with Crippen LogP contribution < -0.4 is 11.1 Å². The second-order valence-corrected chi connectivity index (χ2v) is 3.88. The topological polar surface area (TPSA) is 84.6 Å². The van der Waals surface area contributed by atoms with Gasteiger partial charge in [0.05, 0.1) is 5.54 Å². The van der Waals surface area contributed by atoms with Gasteiger partial charge in [-0.15, -0.1) is 0 Å². The largest absolute Gasteiger partial charge is 0.385 e. The SMILES string of the molecule is NC1(C(=O)NCC(O)C(F)F)CCOCC1. The second-order valence-electron chi connectivity index (χ2n) is 3.88. The van der Waals surface area contributed by atoms with Crippen LogP contribution in [0.25, 0.3) is 0 Å². The number of amides is 1. The highest BCUT2D eigenvalue weighted by Gasteiger charge is 2.36. The summed E-state index contributed by atoms with van der Waals surface area (Å²) in [5.74, 6) is -0.518. The third-order valence-corrected chi connectivity index (χ3v) is 2.60. The fraction of sp³-hybridized carbons (Fsp3) is 0.889. The summed E-state index contributed by atoms with van der Waals surface area (Å²) in [6, 6.07) is 0. The molecule has 4 N–H and O–H groups in total. The lowest BCUT2D eigenvalue weighted by Crippen LogP contribution is -2.58. The van der Waals surface area contributed by atoms with Crippen LogP contribution in [0, 0.1) is 0 Å². The lowest BCUT2D eigenvalue weighted by atomic mass is 9.90. The van der Waals surface area contributed by atoms with E-state index in [0.29, 0.717) is 26.1 Å². The van der Waals surface area contributed by atoms with Gasteiger partial charge in [0.15, 0.2) is 0 Å². The van der Waals surface area contributed by atoms with E-state index in [9.17, 15) is 13.6 Å². The second kappa shape index (κ2) is 5.51. The Balaban J connectivity index is 2.39. The lowest BCUT2D eigenvalue weighted by molar-refractivity contribution is -0.130. The number of nitrogens with two attached hydrogens (primary N) is 1. The Kier molecular flexibility index (Phi) is 4.57. The van der Waals surface area contributed by atoms with Crippen LogP contribution in [-0.2, 0) is 9.53 Å². The molecule has 1 saturated heterocycles. The molecule has 1 aliphatic heterocycles. The van der Waals surface area contributed by atoms with Gasteiger partial charge in [0.1, 0.15) is 6.10 Å². The molecule has 1 heterocycles. The van der Waals surface area contributed by atoms with Crippen LogP contribution in [-0.4, -0.2) is 48.8 Å². The summed E-state index contributed by atoms with van der Waals surface area (Å²) in [6.07, 6.45) is -4.02. The molecule has 1 atom stereocenters. The summed E-state index contributed by atoms with van der Waals surface area (Å²) in [4.78, 5) is 11.6. The number of alkyl halides is 2. The molecule has 0 radical (unpaired) electrons. The molecule has 0 aromatic carbocycles. The van der Waals surface area contributed by atoms with E-state index >= 15 is 0 Å². The zero-order valence-corrected chi connectivity index (χ0v) is 8.79. The third kappa shape index (κ3) is 3.36. The minimum atomic E-state index is -2.87. The fourth-order valence-electron chi connectivity index (χ4n) is 1.43. The Labute approximate surface area is 91.9 Å². The minimum Gasteiger partial charge on any atom is -0.385 e. The van der Waals surface area contributed by atoms with Crippen molar-refractivity contribution in [1.82, 2.24) is 5.32 Å². The normalized spacial score (nSPS) is 21.8. The standard InChI is InChI=1S/C9H16F2N2O3/c10-7(11)6(14)5-13-8(15)9(12)1-3-16-4-2-9/h6-7,14H,1-5,12H2,(H,13,15). The third-order valence-electron chi connectivity index (χ3n) is 2.60. The average molecular weight is 238 g/mol. The Morgan fingerprint density at radius 3 is 2.56 bits per heavy atom. The maximum atomic E-state index is 12.0. The molecular weight excluding hydrogens is 222 g/mol. The van der Waals surface area contributed by atoms with Crippen LogP contribution in [0.5, 0.6) is 0 Å². The number of hydrogen-bond donors (Lipinski definition) is 3. The number of ether oxygens (including phenoxy) is 1. The molecule has 1 unspecified atom stereocenters. The van der Waals surface area contributed by atoms with Gasteiger partial charge in [0, 0.05) is 19.8 Å². The Morgan fingerprint density at radius 2 is 2.06 bits per heavy atom. The van der Waals surface area contributed by atoms with Crippen LogP contribution in [0.1, 0.15) is 12.8 Å². The first-order valence-electron chi connectivity index (χ1n) is 5.07. The van der Waals surface area contributed by atoms with Crippen LogP contribution in [0.4, 0.5) is 8.78 Å². The van der Waals surface area contributed by atoms with Gasteiger partial charge in [-0.2, -0.15) is 0 Å². The quantitative estimate of drug-likeness (QED) is 0.601. The molecule has 1 aliphatic rings. The molecule has 16 heavy (non-hydrogen) atoms. The van der Waals surface area contributed by atoms with Crippen molar-refractivity contribution in [3.63, 3.8) is 0 Å². The van der Waals surface area contributed by atoms with Gasteiger partial charge in [-0.25, -0.2) is 8.78 Å². The maximum absolute atomic E-state index is 12.0. The maximum Gasteiger partial charge on any atom is 0.265 e. The number of carbonyl (C=O) groups is 1. The van der Waals surface area contributed by atoms with Crippen LogP contribution >= 0.6 is 0 Å². The zero-order valence-electron chi connectivity index (χ0n) is 8.79. The monoisotopic (exact) mass is 238 g/mol. The van der Waals surface area contributed by atoms with Crippen molar-refractivity contribution in [3.05, 3.63) is 0 Å². The van der Waals surface area contributed by atoms with Gasteiger partial charge in [-0.1, -0.05) is 0 Å². The number of nitrogens with one attached hydrogen (secondary N) is 1. The first-order valence-corrected chi connectivity index (χ1v) is 5.07. The van der Waals surface area contributed by atoms with E-state index in [-0.39, 0.29) is 0 Å². The summed E-state index contributed by atoms with van der Waals surface area (Å²) in [6.45, 7) is 0.263. The average Bonchev–Trinajstić information content (AvgIpc) is 2.26. The number of carbonyl (C=O) groups excluding carboxylic acids is 1. The van der Waals surface area contributed by atoms with E-state index in [1.54, 1.807) is 0 Å². The van der Waals surface area contributed by atoms with E-state index in [1.165, 1.54) is 0 Å². The molecule has 0 spiro atoms. The van der Waals surface area contributed by atoms with Crippen molar-refractivity contribution in [3.8, 4) is 0 Å². The van der Waals surface area contributed by atoms with Gasteiger partial charge < -0.3 is 20.9 Å². The number of aliphatic hydroxyl groups excluding tert-OH is 1. The van der Waals surface area contributed by atoms with E-state index < -0.39 is 30.5 Å². The van der Waals surface area contributed by atoms with Gasteiger partial charge in [-0.05, 0) is 12.8 Å². The molecule has 94 valence electrons. The Bertz CT molecular complexity index is 245. The summed E-state index contributed by atoms with van der Waals surface area (Å²) < 4.78 is 29.0. The molecule has 1 fully saturated rings. The van der Waals surface area contributed by atoms with Crippen molar-refractivity contribution in [2.45, 2.75) is 30.9 Å². The first-order chi connectivity index (χ1) is 7.46. The molecule has 0 aromatic rings. The predicted octanol–water partition coefficient (Wildman–Crippen LogP) is -0.764. The fourth-order valence-corrected chi connectivity index (χ4v) is 1.43. The molecule has 7 heteroatoms. The molecule has 0 aliphatic carbocycles. The minimum absolute atomic E-state index is 0.351. The molecular formula is C9H16F2N2O3. The van der Waals surface area contributed by atoms with Gasteiger partial charge in [0.2, 0.25) is 5.91 Å². The number of rotatable bonds is 4. The highest BCUT2D eigenvalue weighted by molar-refractivity contribution is 5.86. The van der Waals surface area contributed by atoms with Crippen LogP contribution in [0.2, 0.25) is 0 Å². The van der Waals surface area contributed by atoms with Gasteiger partial charge in [-0.3, -0.25) is 4.79 Å². The van der Waals surface area contributed by atoms with Crippen molar-refractivity contribution >= 4 is 5.91 Å². The summed E-state index contributed by atoms with van der Waals surface area (Å²) >= 11 is 0. The molecule has 0 bridgehead atoms. The van der Waals surface area contributed by atoms with Crippen molar-refractivity contribution < 1.29 is 23.4 Å². The molecule has 0 aromatic heterocycles. The molecule has 1 amide bonds. The van der Waals surface area contributed by atoms with Crippen molar-refractivity contribution in [1.29, 1.82) is 0 Å². The van der Waals surface area contributed by atoms with E-state index in [0.717, 1.165) is 0 Å². The van der Waals surface area contributed by atoms with Crippen molar-refractivity contribution in [2.75, 3.05) is 19.8 Å². The van der Waals surface area contributed by atoms with E-state index in [4.69, 9.17) is 15.6 Å². The van der Waals surface area contributed by atoms with E-state index in [2.05, 4.69) is 5.32 Å². The predicted molar refractivity (Wildman–Crippen MR) is 52.0 cm³/mol. The molecule has 5 nitrogen and oxygen atoms in total. The summed E-state index contributed by atoms with van der Waals surface area (Å²) in [7, 11) is 0. The smallest absolute Gasteiger partial charge is 0.265 e. The Morgan fingerprint density at radius 1 is 1.50 bits per heavy atom. The van der Waals surface area contributed by atoms with Gasteiger partial charge in [0.25, 0.3) is 6.43 Å². The van der Waals surface area contributed by atoms with Crippen LogP contribution in [0.3, 0.4) is 0 Å².